The van der Waals surface area contributed by atoms with Crippen molar-refractivity contribution in [2.75, 3.05) is 6.61 Å². The molecule has 2 aliphatic rings. The van der Waals surface area contributed by atoms with E-state index < -0.39 is 21.1 Å². The zero-order chi connectivity index (χ0) is 9.53. The Bertz CT molecular complexity index is 287. The third kappa shape index (κ3) is 1.48. The normalized spacial score (nSPS) is 32.8. The van der Waals surface area contributed by atoms with E-state index >= 15 is 0 Å². The standard InChI is InChI=1S/C8H13FO3S/c9-13(10,11)7-3-6-12-8(7)4-1-2-5-8/h7H,1-6H2. The van der Waals surface area contributed by atoms with E-state index in [1.165, 1.54) is 0 Å². The molecule has 1 unspecified atom stereocenters. The van der Waals surface area contributed by atoms with Gasteiger partial charge in [0.25, 0.3) is 0 Å². The first-order valence-corrected chi connectivity index (χ1v) is 6.07. The largest absolute Gasteiger partial charge is 0.373 e. The van der Waals surface area contributed by atoms with Crippen molar-refractivity contribution in [2.24, 2.45) is 0 Å². The summed E-state index contributed by atoms with van der Waals surface area (Å²) >= 11 is 0. The summed E-state index contributed by atoms with van der Waals surface area (Å²) in [6, 6.07) is 0. The van der Waals surface area contributed by atoms with Gasteiger partial charge in [-0.1, -0.05) is 12.8 Å². The third-order valence-electron chi connectivity index (χ3n) is 3.15. The van der Waals surface area contributed by atoms with E-state index in [9.17, 15) is 12.3 Å². The molecular formula is C8H13FO3S. The van der Waals surface area contributed by atoms with Gasteiger partial charge in [-0.15, -0.1) is 3.89 Å². The van der Waals surface area contributed by atoms with Crippen LogP contribution in [0.3, 0.4) is 0 Å². The van der Waals surface area contributed by atoms with Crippen molar-refractivity contribution >= 4 is 10.2 Å². The molecule has 2 fully saturated rings. The van der Waals surface area contributed by atoms with Crippen LogP contribution in [0.1, 0.15) is 32.1 Å². The molecule has 0 aromatic heterocycles. The van der Waals surface area contributed by atoms with Crippen LogP contribution in [0.2, 0.25) is 0 Å². The van der Waals surface area contributed by atoms with Gasteiger partial charge in [0.2, 0.25) is 0 Å². The van der Waals surface area contributed by atoms with Crippen LogP contribution >= 0.6 is 0 Å². The summed E-state index contributed by atoms with van der Waals surface area (Å²) in [6.45, 7) is 0.383. The predicted octanol–water partition coefficient (Wildman–Crippen LogP) is 1.39. The topological polar surface area (TPSA) is 43.4 Å². The Kier molecular flexibility index (Phi) is 2.11. The fourth-order valence-electron chi connectivity index (χ4n) is 2.56. The van der Waals surface area contributed by atoms with Gasteiger partial charge in [-0.2, -0.15) is 8.42 Å². The molecule has 1 saturated carbocycles. The number of hydrogen-bond donors (Lipinski definition) is 0. The highest BCUT2D eigenvalue weighted by atomic mass is 32.3. The van der Waals surface area contributed by atoms with E-state index in [4.69, 9.17) is 4.74 Å². The minimum Gasteiger partial charge on any atom is -0.373 e. The lowest BCUT2D eigenvalue weighted by atomic mass is 9.98. The van der Waals surface area contributed by atoms with Crippen molar-refractivity contribution in [3.05, 3.63) is 0 Å². The lowest BCUT2D eigenvalue weighted by Gasteiger charge is -2.26. The van der Waals surface area contributed by atoms with Crippen molar-refractivity contribution in [2.45, 2.75) is 43.0 Å². The average Bonchev–Trinajstić information content (AvgIpc) is 2.60. The predicted molar refractivity (Wildman–Crippen MR) is 45.6 cm³/mol. The molecule has 5 heteroatoms. The molecule has 0 bridgehead atoms. The zero-order valence-electron chi connectivity index (χ0n) is 7.33. The molecule has 1 saturated heterocycles. The highest BCUT2D eigenvalue weighted by molar-refractivity contribution is 7.87. The molecule has 1 heterocycles. The molecule has 76 valence electrons. The van der Waals surface area contributed by atoms with E-state index in [1.807, 2.05) is 0 Å². The first-order chi connectivity index (χ1) is 6.05. The van der Waals surface area contributed by atoms with Crippen LogP contribution < -0.4 is 0 Å². The van der Waals surface area contributed by atoms with Gasteiger partial charge in [0, 0.05) is 6.61 Å². The Labute approximate surface area is 77.5 Å². The minimum atomic E-state index is -4.42. The molecule has 1 aliphatic heterocycles. The summed E-state index contributed by atoms with van der Waals surface area (Å²) in [5, 5.41) is -0.900. The second-order valence-electron chi connectivity index (χ2n) is 3.87. The molecule has 1 spiro atoms. The van der Waals surface area contributed by atoms with Crippen LogP contribution in [-0.2, 0) is 15.0 Å². The van der Waals surface area contributed by atoms with Crippen LogP contribution in [0.15, 0.2) is 0 Å². The van der Waals surface area contributed by atoms with Crippen molar-refractivity contribution in [3.8, 4) is 0 Å². The number of halogens is 1. The Morgan fingerprint density at radius 2 is 1.92 bits per heavy atom. The number of ether oxygens (including phenoxy) is 1. The van der Waals surface area contributed by atoms with Crippen molar-refractivity contribution in [3.63, 3.8) is 0 Å². The first-order valence-electron chi connectivity index (χ1n) is 4.62. The molecule has 0 amide bonds. The maximum Gasteiger partial charge on any atom is 0.308 e. The van der Waals surface area contributed by atoms with E-state index in [0.717, 1.165) is 12.8 Å². The molecule has 3 nitrogen and oxygen atoms in total. The molecule has 2 rings (SSSR count). The highest BCUT2D eigenvalue weighted by Crippen LogP contribution is 2.44. The quantitative estimate of drug-likeness (QED) is 0.611. The minimum absolute atomic E-state index is 0.318. The summed E-state index contributed by atoms with van der Waals surface area (Å²) in [5.74, 6) is 0. The molecule has 1 aliphatic carbocycles. The number of rotatable bonds is 1. The summed E-state index contributed by atoms with van der Waals surface area (Å²) in [7, 11) is -4.42. The van der Waals surface area contributed by atoms with E-state index in [1.54, 1.807) is 0 Å². The Morgan fingerprint density at radius 3 is 2.46 bits per heavy atom. The van der Waals surface area contributed by atoms with Gasteiger partial charge >= 0.3 is 10.2 Å². The van der Waals surface area contributed by atoms with Crippen LogP contribution in [0.25, 0.3) is 0 Å². The fraction of sp³-hybridized carbons (Fsp3) is 1.00. The Hall–Kier alpha value is -0.160. The first kappa shape index (κ1) is 9.40. The van der Waals surface area contributed by atoms with Gasteiger partial charge in [0.15, 0.2) is 0 Å². The molecule has 0 aromatic rings. The Morgan fingerprint density at radius 1 is 1.31 bits per heavy atom. The average molecular weight is 208 g/mol. The van der Waals surface area contributed by atoms with Crippen LogP contribution in [0.5, 0.6) is 0 Å². The molecule has 0 radical (unpaired) electrons. The van der Waals surface area contributed by atoms with Gasteiger partial charge in [-0.05, 0) is 19.3 Å². The lowest BCUT2D eigenvalue weighted by molar-refractivity contribution is 0.0117. The lowest BCUT2D eigenvalue weighted by Crippen LogP contribution is -2.39. The Balaban J connectivity index is 2.28. The summed E-state index contributed by atoms with van der Waals surface area (Å²) in [4.78, 5) is 0. The van der Waals surface area contributed by atoms with Gasteiger partial charge in [-0.25, -0.2) is 0 Å². The summed E-state index contributed by atoms with van der Waals surface area (Å²) in [5.41, 5.74) is -0.673. The van der Waals surface area contributed by atoms with Crippen LogP contribution in [-0.4, -0.2) is 25.9 Å². The zero-order valence-corrected chi connectivity index (χ0v) is 8.15. The second kappa shape index (κ2) is 2.92. The smallest absolute Gasteiger partial charge is 0.308 e. The van der Waals surface area contributed by atoms with E-state index in [0.29, 0.717) is 25.9 Å². The highest BCUT2D eigenvalue weighted by Gasteiger charge is 2.52. The van der Waals surface area contributed by atoms with Gasteiger partial charge in [0.05, 0.1) is 5.60 Å². The summed E-state index contributed by atoms with van der Waals surface area (Å²) < 4.78 is 40.0. The monoisotopic (exact) mass is 208 g/mol. The van der Waals surface area contributed by atoms with Crippen molar-refractivity contribution < 1.29 is 17.0 Å². The van der Waals surface area contributed by atoms with Crippen molar-refractivity contribution in [1.29, 1.82) is 0 Å². The maximum atomic E-state index is 12.9. The summed E-state index contributed by atoms with van der Waals surface area (Å²) in [6.07, 6.45) is 3.61. The van der Waals surface area contributed by atoms with Crippen molar-refractivity contribution in [1.82, 2.24) is 0 Å². The van der Waals surface area contributed by atoms with Gasteiger partial charge in [0.1, 0.15) is 5.25 Å². The molecule has 0 N–H and O–H groups in total. The third-order valence-corrected chi connectivity index (χ3v) is 4.49. The van der Waals surface area contributed by atoms with Gasteiger partial charge < -0.3 is 4.74 Å². The van der Waals surface area contributed by atoms with Gasteiger partial charge in [-0.3, -0.25) is 0 Å². The molecule has 13 heavy (non-hydrogen) atoms. The maximum absolute atomic E-state index is 12.9. The van der Waals surface area contributed by atoms with E-state index in [-0.39, 0.29) is 0 Å². The van der Waals surface area contributed by atoms with Crippen LogP contribution in [0, 0.1) is 0 Å². The van der Waals surface area contributed by atoms with E-state index in [2.05, 4.69) is 0 Å². The molecule has 0 aromatic carbocycles. The number of hydrogen-bond acceptors (Lipinski definition) is 3. The second-order valence-corrected chi connectivity index (χ2v) is 5.39. The SMILES string of the molecule is O=S(=O)(F)C1CCOC12CCCC2. The van der Waals surface area contributed by atoms with Crippen LogP contribution in [0.4, 0.5) is 3.89 Å². The molecular weight excluding hydrogens is 195 g/mol. The molecule has 1 atom stereocenters. The fourth-order valence-corrected chi connectivity index (χ4v) is 3.76.